The lowest BCUT2D eigenvalue weighted by molar-refractivity contribution is 0.414. The summed E-state index contributed by atoms with van der Waals surface area (Å²) in [5, 5.41) is 3.16. The number of benzene rings is 2. The molecule has 0 atom stereocenters. The van der Waals surface area contributed by atoms with Crippen LogP contribution in [-0.2, 0) is 13.1 Å². The van der Waals surface area contributed by atoms with Gasteiger partial charge in [-0.3, -0.25) is 0 Å². The molecular formula is C17H21BrN2O. The molecule has 4 heteroatoms. The normalized spacial score (nSPS) is 10.5. The van der Waals surface area contributed by atoms with E-state index in [0.29, 0.717) is 0 Å². The quantitative estimate of drug-likeness (QED) is 0.858. The molecule has 2 aromatic carbocycles. The van der Waals surface area contributed by atoms with Crippen molar-refractivity contribution in [3.05, 3.63) is 58.1 Å². The maximum Gasteiger partial charge on any atom is 0.119 e. The van der Waals surface area contributed by atoms with Gasteiger partial charge in [-0.25, -0.2) is 0 Å². The molecule has 3 nitrogen and oxygen atoms in total. The summed E-state index contributed by atoms with van der Waals surface area (Å²) in [5.41, 5.74) is 3.67. The van der Waals surface area contributed by atoms with Gasteiger partial charge >= 0.3 is 0 Å². The molecule has 0 amide bonds. The smallest absolute Gasteiger partial charge is 0.119 e. The molecule has 0 spiro atoms. The van der Waals surface area contributed by atoms with E-state index in [1.54, 1.807) is 7.11 Å². The summed E-state index contributed by atoms with van der Waals surface area (Å²) in [6.07, 6.45) is 0. The van der Waals surface area contributed by atoms with Crippen LogP contribution >= 0.6 is 15.9 Å². The predicted molar refractivity (Wildman–Crippen MR) is 92.0 cm³/mol. The van der Waals surface area contributed by atoms with E-state index in [4.69, 9.17) is 4.74 Å². The molecule has 2 rings (SSSR count). The zero-order chi connectivity index (χ0) is 15.2. The highest BCUT2D eigenvalue weighted by molar-refractivity contribution is 9.10. The molecule has 0 heterocycles. The number of nitrogens with zero attached hydrogens (tertiary/aromatic N) is 1. The standard InChI is InChI=1S/C17H21BrN2O/c1-19-11-13-7-8-17(16(18)10-13)20(2)12-14-5-4-6-15(9-14)21-3/h4-10,19H,11-12H2,1-3H3. The summed E-state index contributed by atoms with van der Waals surface area (Å²) in [6, 6.07) is 14.6. The van der Waals surface area contributed by atoms with E-state index in [0.717, 1.165) is 23.3 Å². The third kappa shape index (κ3) is 4.22. The van der Waals surface area contributed by atoms with Crippen molar-refractivity contribution in [1.82, 2.24) is 5.32 Å². The van der Waals surface area contributed by atoms with Crippen LogP contribution in [0.4, 0.5) is 5.69 Å². The van der Waals surface area contributed by atoms with E-state index in [9.17, 15) is 0 Å². The molecule has 2 aromatic rings. The maximum atomic E-state index is 5.27. The Balaban J connectivity index is 2.14. The number of hydrogen-bond donors (Lipinski definition) is 1. The molecular weight excluding hydrogens is 328 g/mol. The summed E-state index contributed by atoms with van der Waals surface area (Å²) in [7, 11) is 5.74. The number of anilines is 1. The molecule has 112 valence electrons. The lowest BCUT2D eigenvalue weighted by Crippen LogP contribution is -2.17. The van der Waals surface area contributed by atoms with Gasteiger partial charge in [0.25, 0.3) is 0 Å². The fourth-order valence-corrected chi connectivity index (χ4v) is 3.03. The van der Waals surface area contributed by atoms with Crippen LogP contribution in [-0.4, -0.2) is 21.2 Å². The van der Waals surface area contributed by atoms with Gasteiger partial charge in [0.2, 0.25) is 0 Å². The first-order chi connectivity index (χ1) is 10.1. The van der Waals surface area contributed by atoms with Crippen molar-refractivity contribution in [3.8, 4) is 5.75 Å². The average Bonchev–Trinajstić information content (AvgIpc) is 2.47. The van der Waals surface area contributed by atoms with Gasteiger partial charge in [0.05, 0.1) is 12.8 Å². The van der Waals surface area contributed by atoms with E-state index >= 15 is 0 Å². The fraction of sp³-hybridized carbons (Fsp3) is 0.294. The number of methoxy groups -OCH3 is 1. The van der Waals surface area contributed by atoms with Gasteiger partial charge in [-0.2, -0.15) is 0 Å². The van der Waals surface area contributed by atoms with Crippen LogP contribution in [0.5, 0.6) is 5.75 Å². The minimum atomic E-state index is 0.834. The molecule has 0 aliphatic rings. The van der Waals surface area contributed by atoms with Crippen LogP contribution in [0.2, 0.25) is 0 Å². The first-order valence-corrected chi connectivity index (χ1v) is 7.70. The Morgan fingerprint density at radius 2 is 1.95 bits per heavy atom. The number of halogens is 1. The molecule has 0 aliphatic carbocycles. The molecule has 0 fully saturated rings. The SMILES string of the molecule is CNCc1ccc(N(C)Cc2cccc(OC)c2)c(Br)c1. The van der Waals surface area contributed by atoms with Crippen molar-refractivity contribution in [2.45, 2.75) is 13.1 Å². The summed E-state index contributed by atoms with van der Waals surface area (Å²) in [5.74, 6) is 0.893. The van der Waals surface area contributed by atoms with Gasteiger partial charge in [0.15, 0.2) is 0 Å². The monoisotopic (exact) mass is 348 g/mol. The second-order valence-corrected chi connectivity index (χ2v) is 5.88. The highest BCUT2D eigenvalue weighted by Gasteiger charge is 2.08. The van der Waals surface area contributed by atoms with Crippen molar-refractivity contribution >= 4 is 21.6 Å². The van der Waals surface area contributed by atoms with Crippen LogP contribution < -0.4 is 15.0 Å². The van der Waals surface area contributed by atoms with Crippen LogP contribution in [0.3, 0.4) is 0 Å². The maximum absolute atomic E-state index is 5.27. The Morgan fingerprint density at radius 3 is 2.62 bits per heavy atom. The third-order valence-corrected chi connectivity index (χ3v) is 3.99. The van der Waals surface area contributed by atoms with Gasteiger partial charge in [0.1, 0.15) is 5.75 Å². The summed E-state index contributed by atoms with van der Waals surface area (Å²) in [6.45, 7) is 1.71. The summed E-state index contributed by atoms with van der Waals surface area (Å²) in [4.78, 5) is 2.22. The molecule has 1 N–H and O–H groups in total. The van der Waals surface area contributed by atoms with Crippen LogP contribution in [0.25, 0.3) is 0 Å². The van der Waals surface area contributed by atoms with E-state index < -0.39 is 0 Å². The number of hydrogen-bond acceptors (Lipinski definition) is 3. The van der Waals surface area contributed by atoms with Crippen molar-refractivity contribution in [2.24, 2.45) is 0 Å². The molecule has 0 bridgehead atoms. The minimum Gasteiger partial charge on any atom is -0.497 e. The molecule has 0 aromatic heterocycles. The second kappa shape index (κ2) is 7.48. The van der Waals surface area contributed by atoms with Gasteiger partial charge in [0, 0.05) is 24.6 Å². The third-order valence-electron chi connectivity index (χ3n) is 3.36. The molecule has 0 unspecified atom stereocenters. The second-order valence-electron chi connectivity index (χ2n) is 5.02. The van der Waals surface area contributed by atoms with Crippen molar-refractivity contribution in [1.29, 1.82) is 0 Å². The highest BCUT2D eigenvalue weighted by Crippen LogP contribution is 2.28. The number of ether oxygens (including phenoxy) is 1. The Morgan fingerprint density at radius 1 is 1.14 bits per heavy atom. The van der Waals surface area contributed by atoms with E-state index in [2.05, 4.69) is 63.5 Å². The molecule has 21 heavy (non-hydrogen) atoms. The highest BCUT2D eigenvalue weighted by atomic mass is 79.9. The number of nitrogens with one attached hydrogen (secondary N) is 1. The van der Waals surface area contributed by atoms with Gasteiger partial charge in [-0.05, 0) is 58.4 Å². The van der Waals surface area contributed by atoms with Gasteiger partial charge < -0.3 is 15.0 Å². The van der Waals surface area contributed by atoms with Crippen molar-refractivity contribution in [3.63, 3.8) is 0 Å². The van der Waals surface area contributed by atoms with Crippen LogP contribution in [0, 0.1) is 0 Å². The largest absolute Gasteiger partial charge is 0.497 e. The van der Waals surface area contributed by atoms with E-state index in [1.807, 2.05) is 19.2 Å². The molecule has 0 saturated carbocycles. The first kappa shape index (κ1) is 15.9. The minimum absolute atomic E-state index is 0.834. The van der Waals surface area contributed by atoms with Gasteiger partial charge in [-0.1, -0.05) is 18.2 Å². The van der Waals surface area contributed by atoms with Crippen molar-refractivity contribution < 1.29 is 4.74 Å². The predicted octanol–water partition coefficient (Wildman–Crippen LogP) is 3.81. The van der Waals surface area contributed by atoms with Crippen LogP contribution in [0.1, 0.15) is 11.1 Å². The zero-order valence-corrected chi connectivity index (χ0v) is 14.3. The van der Waals surface area contributed by atoms with E-state index in [-0.39, 0.29) is 0 Å². The topological polar surface area (TPSA) is 24.5 Å². The average molecular weight is 349 g/mol. The zero-order valence-electron chi connectivity index (χ0n) is 12.7. The summed E-state index contributed by atoms with van der Waals surface area (Å²) < 4.78 is 6.39. The Kier molecular flexibility index (Phi) is 5.65. The Labute approximate surface area is 135 Å². The van der Waals surface area contributed by atoms with E-state index in [1.165, 1.54) is 16.8 Å². The van der Waals surface area contributed by atoms with Gasteiger partial charge in [-0.15, -0.1) is 0 Å². The molecule has 0 aliphatic heterocycles. The first-order valence-electron chi connectivity index (χ1n) is 6.91. The lowest BCUT2D eigenvalue weighted by Gasteiger charge is -2.21. The van der Waals surface area contributed by atoms with Crippen molar-refractivity contribution in [2.75, 3.05) is 26.1 Å². The summed E-state index contributed by atoms with van der Waals surface area (Å²) >= 11 is 3.67. The molecule has 0 radical (unpaired) electrons. The fourth-order valence-electron chi connectivity index (χ4n) is 2.30. The lowest BCUT2D eigenvalue weighted by atomic mass is 10.1. The van der Waals surface area contributed by atoms with Crippen LogP contribution in [0.15, 0.2) is 46.9 Å². The Bertz CT molecular complexity index is 601. The Hall–Kier alpha value is -1.52. The number of rotatable bonds is 6. The molecule has 0 saturated heterocycles.